The Hall–Kier alpha value is -0.0800. The maximum Gasteiger partial charge on any atom is 0.0242 e. The Morgan fingerprint density at radius 1 is 0.938 bits per heavy atom. The van der Waals surface area contributed by atoms with Gasteiger partial charge in [0, 0.05) is 37.3 Å². The summed E-state index contributed by atoms with van der Waals surface area (Å²) in [6.45, 7) is 17.9. The van der Waals surface area contributed by atoms with Gasteiger partial charge in [0.25, 0.3) is 0 Å². The molecule has 3 fully saturated rings. The van der Waals surface area contributed by atoms with Crippen molar-refractivity contribution in [3.8, 4) is 0 Å². The first-order valence-electron chi connectivity index (χ1n) is 6.68. The van der Waals surface area contributed by atoms with Crippen molar-refractivity contribution < 1.29 is 0 Å². The van der Waals surface area contributed by atoms with Gasteiger partial charge in [0.15, 0.2) is 0 Å². The largest absolute Gasteiger partial charge is 0.295 e. The van der Waals surface area contributed by atoms with Crippen LogP contribution in [0.15, 0.2) is 0 Å². The highest BCUT2D eigenvalue weighted by Gasteiger charge is 2.47. The van der Waals surface area contributed by atoms with Gasteiger partial charge in [-0.1, -0.05) is 20.8 Å². The third kappa shape index (κ3) is 2.43. The molecule has 3 rings (SSSR count). The van der Waals surface area contributed by atoms with Gasteiger partial charge in [-0.15, -0.1) is 0 Å². The Kier molecular flexibility index (Phi) is 2.87. The van der Waals surface area contributed by atoms with Crippen LogP contribution in [0, 0.1) is 5.41 Å². The molecule has 0 aromatic rings. The molecular formula is C14H28N2. The topological polar surface area (TPSA) is 6.48 Å². The van der Waals surface area contributed by atoms with Gasteiger partial charge >= 0.3 is 0 Å². The summed E-state index contributed by atoms with van der Waals surface area (Å²) in [4.78, 5) is 5.40. The first-order valence-corrected chi connectivity index (χ1v) is 6.68. The summed E-state index contributed by atoms with van der Waals surface area (Å²) < 4.78 is 0. The van der Waals surface area contributed by atoms with E-state index in [-0.39, 0.29) is 0 Å². The van der Waals surface area contributed by atoms with Gasteiger partial charge in [0.05, 0.1) is 0 Å². The molecule has 0 saturated carbocycles. The van der Waals surface area contributed by atoms with Crippen molar-refractivity contribution >= 4 is 0 Å². The Labute approximate surface area is 101 Å². The average Bonchev–Trinajstić information content (AvgIpc) is 2.12. The summed E-state index contributed by atoms with van der Waals surface area (Å²) in [6, 6.07) is 1.66. The average molecular weight is 224 g/mol. The van der Waals surface area contributed by atoms with Crippen LogP contribution < -0.4 is 0 Å². The maximum absolute atomic E-state index is 2.74. The van der Waals surface area contributed by atoms with Crippen LogP contribution in [0.2, 0.25) is 0 Å². The minimum Gasteiger partial charge on any atom is -0.295 e. The Bertz CT molecular complexity index is 247. The van der Waals surface area contributed by atoms with Crippen molar-refractivity contribution in [2.75, 3.05) is 19.6 Å². The zero-order valence-corrected chi connectivity index (χ0v) is 11.9. The summed E-state index contributed by atoms with van der Waals surface area (Å²) in [7, 11) is 0. The van der Waals surface area contributed by atoms with Crippen LogP contribution in [0.5, 0.6) is 0 Å². The van der Waals surface area contributed by atoms with Gasteiger partial charge in [-0.2, -0.15) is 0 Å². The smallest absolute Gasteiger partial charge is 0.0242 e. The number of fused-ring (bicyclic) bond motifs is 2. The Morgan fingerprint density at radius 2 is 1.44 bits per heavy atom. The van der Waals surface area contributed by atoms with E-state index in [2.05, 4.69) is 51.3 Å². The highest BCUT2D eigenvalue weighted by Crippen LogP contribution is 2.37. The van der Waals surface area contributed by atoms with E-state index in [1.165, 1.54) is 26.1 Å². The predicted octanol–water partition coefficient (Wildman–Crippen LogP) is 2.59. The third-order valence-electron chi connectivity index (χ3n) is 3.95. The van der Waals surface area contributed by atoms with Crippen molar-refractivity contribution in [2.45, 2.75) is 65.6 Å². The van der Waals surface area contributed by atoms with Gasteiger partial charge in [-0.3, -0.25) is 9.80 Å². The zero-order valence-electron chi connectivity index (χ0n) is 11.9. The predicted molar refractivity (Wildman–Crippen MR) is 69.7 cm³/mol. The molecule has 2 bridgehead atoms. The lowest BCUT2D eigenvalue weighted by molar-refractivity contribution is -0.107. The van der Waals surface area contributed by atoms with E-state index in [9.17, 15) is 0 Å². The molecule has 0 aliphatic carbocycles. The van der Waals surface area contributed by atoms with Gasteiger partial charge < -0.3 is 0 Å². The first-order chi connectivity index (χ1) is 7.17. The van der Waals surface area contributed by atoms with Crippen molar-refractivity contribution in [2.24, 2.45) is 5.41 Å². The molecule has 2 heteroatoms. The highest BCUT2D eigenvalue weighted by molar-refractivity contribution is 5.03. The quantitative estimate of drug-likeness (QED) is 0.675. The van der Waals surface area contributed by atoms with Crippen LogP contribution in [-0.4, -0.2) is 47.1 Å². The molecule has 94 valence electrons. The Balaban J connectivity index is 1.93. The van der Waals surface area contributed by atoms with E-state index >= 15 is 0 Å². The second kappa shape index (κ2) is 3.71. The lowest BCUT2D eigenvalue weighted by Crippen LogP contribution is -2.71. The number of piperazine rings is 1. The van der Waals surface area contributed by atoms with E-state index in [0.29, 0.717) is 11.0 Å². The minimum atomic E-state index is 0.352. The number of nitrogens with zero attached hydrogens (tertiary/aromatic N) is 2. The number of hydrogen-bond acceptors (Lipinski definition) is 2. The van der Waals surface area contributed by atoms with Gasteiger partial charge in [-0.05, 0) is 32.6 Å². The standard InChI is InChI=1S/C14H28N2/c1-13(2,3)10-16-11-7-12(16)9-15(8-11)14(4,5)6/h11-12H,7-10H2,1-6H3. The maximum atomic E-state index is 2.74. The van der Waals surface area contributed by atoms with E-state index in [1.54, 1.807) is 0 Å². The number of rotatable bonds is 1. The normalized spacial score (nSPS) is 32.6. The summed E-state index contributed by atoms with van der Waals surface area (Å²) in [5.74, 6) is 0. The number of hydrogen-bond donors (Lipinski definition) is 0. The van der Waals surface area contributed by atoms with Gasteiger partial charge in [0.1, 0.15) is 0 Å². The van der Waals surface area contributed by atoms with Crippen LogP contribution in [-0.2, 0) is 0 Å². The highest BCUT2D eigenvalue weighted by atomic mass is 15.4. The molecule has 0 radical (unpaired) electrons. The fourth-order valence-electron chi connectivity index (χ4n) is 3.04. The molecule has 2 atom stereocenters. The molecule has 0 aromatic heterocycles. The van der Waals surface area contributed by atoms with Gasteiger partial charge in [-0.25, -0.2) is 0 Å². The monoisotopic (exact) mass is 224 g/mol. The summed E-state index contributed by atoms with van der Waals surface area (Å²) in [6.07, 6.45) is 1.43. The van der Waals surface area contributed by atoms with Crippen molar-refractivity contribution in [3.05, 3.63) is 0 Å². The number of piperidine rings is 1. The molecule has 3 heterocycles. The zero-order chi connectivity index (χ0) is 12.1. The molecule has 0 amide bonds. The molecule has 3 aliphatic rings. The fraction of sp³-hybridized carbons (Fsp3) is 1.00. The van der Waals surface area contributed by atoms with Crippen LogP contribution in [0.4, 0.5) is 0 Å². The third-order valence-corrected chi connectivity index (χ3v) is 3.95. The molecule has 0 aromatic carbocycles. The first kappa shape index (κ1) is 12.4. The lowest BCUT2D eigenvalue weighted by atomic mass is 9.82. The van der Waals surface area contributed by atoms with Crippen LogP contribution in [0.3, 0.4) is 0 Å². The van der Waals surface area contributed by atoms with E-state index in [0.717, 1.165) is 12.1 Å². The van der Waals surface area contributed by atoms with Crippen molar-refractivity contribution in [1.82, 2.24) is 9.80 Å². The van der Waals surface area contributed by atoms with E-state index < -0.39 is 0 Å². The molecule has 3 saturated heterocycles. The van der Waals surface area contributed by atoms with Crippen LogP contribution in [0.25, 0.3) is 0 Å². The molecule has 2 nitrogen and oxygen atoms in total. The van der Waals surface area contributed by atoms with E-state index in [4.69, 9.17) is 0 Å². The van der Waals surface area contributed by atoms with Crippen molar-refractivity contribution in [1.29, 1.82) is 0 Å². The summed E-state index contributed by atoms with van der Waals surface area (Å²) >= 11 is 0. The van der Waals surface area contributed by atoms with Crippen LogP contribution in [0.1, 0.15) is 48.0 Å². The molecular weight excluding hydrogens is 196 g/mol. The second-order valence-electron chi connectivity index (χ2n) is 7.85. The second-order valence-corrected chi connectivity index (χ2v) is 7.85. The SMILES string of the molecule is CC(C)(C)CN1C2CC1CN(C(C)(C)C)C2. The van der Waals surface area contributed by atoms with E-state index in [1.807, 2.05) is 0 Å². The Morgan fingerprint density at radius 3 is 1.81 bits per heavy atom. The molecule has 0 N–H and O–H groups in total. The molecule has 2 unspecified atom stereocenters. The fourth-order valence-corrected chi connectivity index (χ4v) is 3.04. The van der Waals surface area contributed by atoms with Crippen LogP contribution >= 0.6 is 0 Å². The van der Waals surface area contributed by atoms with Crippen molar-refractivity contribution in [3.63, 3.8) is 0 Å². The molecule has 0 spiro atoms. The summed E-state index contributed by atoms with van der Waals surface area (Å²) in [5, 5.41) is 0. The minimum absolute atomic E-state index is 0.352. The summed E-state index contributed by atoms with van der Waals surface area (Å²) in [5.41, 5.74) is 0.797. The molecule has 16 heavy (non-hydrogen) atoms. The van der Waals surface area contributed by atoms with Gasteiger partial charge in [0.2, 0.25) is 0 Å². The lowest BCUT2D eigenvalue weighted by Gasteiger charge is -2.60. The molecule has 3 aliphatic heterocycles.